The average molecular weight is 315 g/mol. The van der Waals surface area contributed by atoms with Crippen LogP contribution in [0, 0.1) is 5.82 Å². The highest BCUT2D eigenvalue weighted by Crippen LogP contribution is 2.31. The molecule has 2 aromatic carbocycles. The fraction of sp³-hybridized carbons (Fsp3) is 0.143. The van der Waals surface area contributed by atoms with Gasteiger partial charge in [-0.05, 0) is 25.1 Å². The molecule has 0 fully saturated rings. The Morgan fingerprint density at radius 1 is 1.10 bits per heavy atom. The molecule has 0 saturated carbocycles. The Morgan fingerprint density at radius 2 is 1.70 bits per heavy atom. The van der Waals surface area contributed by atoms with Crippen molar-refractivity contribution in [3.05, 3.63) is 46.2 Å². The summed E-state index contributed by atoms with van der Waals surface area (Å²) in [5, 5.41) is 2.96. The standard InChI is InChI=1S/C14H13Cl2FN2O/c1-2-20-11-4-8(18)3-9(5-11)19-10-6-12(15)14(17)13(16)7-10/h3-7,19H,2,18H2,1H3. The maximum absolute atomic E-state index is 13.3. The Morgan fingerprint density at radius 3 is 2.30 bits per heavy atom. The van der Waals surface area contributed by atoms with Gasteiger partial charge in [0, 0.05) is 29.2 Å². The molecule has 2 aromatic rings. The lowest BCUT2D eigenvalue weighted by atomic mass is 10.2. The molecule has 0 bridgehead atoms. The minimum Gasteiger partial charge on any atom is -0.494 e. The predicted molar refractivity (Wildman–Crippen MR) is 81.7 cm³/mol. The van der Waals surface area contributed by atoms with Crippen LogP contribution in [0.15, 0.2) is 30.3 Å². The van der Waals surface area contributed by atoms with E-state index in [1.54, 1.807) is 18.2 Å². The summed E-state index contributed by atoms with van der Waals surface area (Å²) in [4.78, 5) is 0. The van der Waals surface area contributed by atoms with E-state index in [2.05, 4.69) is 5.32 Å². The van der Waals surface area contributed by atoms with Gasteiger partial charge in [0.25, 0.3) is 0 Å². The molecule has 0 aliphatic carbocycles. The second-order valence-electron chi connectivity index (χ2n) is 4.10. The van der Waals surface area contributed by atoms with Crippen molar-refractivity contribution < 1.29 is 9.13 Å². The van der Waals surface area contributed by atoms with E-state index in [4.69, 9.17) is 33.7 Å². The second kappa shape index (κ2) is 6.20. The molecule has 0 heterocycles. The molecule has 0 amide bonds. The van der Waals surface area contributed by atoms with E-state index in [0.717, 1.165) is 0 Å². The van der Waals surface area contributed by atoms with E-state index in [9.17, 15) is 4.39 Å². The maximum Gasteiger partial charge on any atom is 0.160 e. The van der Waals surface area contributed by atoms with Crippen LogP contribution in [-0.2, 0) is 0 Å². The first kappa shape index (κ1) is 14.8. The zero-order valence-corrected chi connectivity index (χ0v) is 12.2. The van der Waals surface area contributed by atoms with Crippen LogP contribution in [0.2, 0.25) is 10.0 Å². The van der Waals surface area contributed by atoms with Crippen molar-refractivity contribution in [1.29, 1.82) is 0 Å². The third-order valence-corrected chi connectivity index (χ3v) is 3.06. The number of hydrogen-bond acceptors (Lipinski definition) is 3. The summed E-state index contributed by atoms with van der Waals surface area (Å²) < 4.78 is 18.7. The molecule has 3 N–H and O–H groups in total. The Balaban J connectivity index is 2.30. The summed E-state index contributed by atoms with van der Waals surface area (Å²) in [5.41, 5.74) is 7.61. The Labute approximate surface area is 126 Å². The molecule has 0 aromatic heterocycles. The quantitative estimate of drug-likeness (QED) is 0.626. The van der Waals surface area contributed by atoms with Gasteiger partial charge in [-0.1, -0.05) is 23.2 Å². The summed E-state index contributed by atoms with van der Waals surface area (Å²) in [6, 6.07) is 8.14. The van der Waals surface area contributed by atoms with Crippen molar-refractivity contribution in [2.75, 3.05) is 17.7 Å². The van der Waals surface area contributed by atoms with Crippen molar-refractivity contribution in [1.82, 2.24) is 0 Å². The first-order valence-electron chi connectivity index (χ1n) is 5.94. The number of anilines is 3. The van der Waals surface area contributed by atoms with Crippen LogP contribution in [0.1, 0.15) is 6.92 Å². The Hall–Kier alpha value is -1.65. The molecule has 0 aliphatic heterocycles. The molecule has 0 atom stereocenters. The molecule has 0 unspecified atom stereocenters. The smallest absolute Gasteiger partial charge is 0.160 e. The number of benzene rings is 2. The van der Waals surface area contributed by atoms with Crippen LogP contribution in [0.3, 0.4) is 0 Å². The molecule has 3 nitrogen and oxygen atoms in total. The van der Waals surface area contributed by atoms with Crippen LogP contribution in [0.4, 0.5) is 21.5 Å². The van der Waals surface area contributed by atoms with Crippen molar-refractivity contribution in [2.24, 2.45) is 0 Å². The number of rotatable bonds is 4. The van der Waals surface area contributed by atoms with Crippen LogP contribution in [0.5, 0.6) is 5.75 Å². The number of halogens is 3. The Kier molecular flexibility index (Phi) is 4.57. The first-order chi connectivity index (χ1) is 9.49. The zero-order valence-electron chi connectivity index (χ0n) is 10.7. The summed E-state index contributed by atoms with van der Waals surface area (Å²) in [6.45, 7) is 2.42. The van der Waals surface area contributed by atoms with Crippen LogP contribution in [0.25, 0.3) is 0 Å². The third kappa shape index (κ3) is 3.46. The number of nitrogens with one attached hydrogen (secondary N) is 1. The van der Waals surface area contributed by atoms with Crippen molar-refractivity contribution in [3.8, 4) is 5.75 Å². The van der Waals surface area contributed by atoms with Gasteiger partial charge < -0.3 is 15.8 Å². The van der Waals surface area contributed by atoms with Crippen LogP contribution in [-0.4, -0.2) is 6.61 Å². The van der Waals surface area contributed by atoms with Gasteiger partial charge in [0.2, 0.25) is 0 Å². The first-order valence-corrected chi connectivity index (χ1v) is 6.70. The van der Waals surface area contributed by atoms with Gasteiger partial charge in [0.1, 0.15) is 5.75 Å². The number of nitrogen functional groups attached to an aromatic ring is 1. The lowest BCUT2D eigenvalue weighted by molar-refractivity contribution is 0.340. The van der Waals surface area contributed by atoms with Gasteiger partial charge in [-0.3, -0.25) is 0 Å². The topological polar surface area (TPSA) is 47.3 Å². The fourth-order valence-electron chi connectivity index (χ4n) is 1.74. The number of nitrogens with two attached hydrogens (primary N) is 1. The molecule has 0 spiro atoms. The lowest BCUT2D eigenvalue weighted by Crippen LogP contribution is -1.97. The highest BCUT2D eigenvalue weighted by molar-refractivity contribution is 6.35. The van der Waals surface area contributed by atoms with E-state index in [-0.39, 0.29) is 10.0 Å². The zero-order chi connectivity index (χ0) is 14.7. The van der Waals surface area contributed by atoms with Gasteiger partial charge in [-0.25, -0.2) is 4.39 Å². The van der Waals surface area contributed by atoms with Crippen molar-refractivity contribution >= 4 is 40.3 Å². The maximum atomic E-state index is 13.3. The van der Waals surface area contributed by atoms with Gasteiger partial charge in [-0.2, -0.15) is 0 Å². The molecular formula is C14H13Cl2FN2O. The molecule has 0 radical (unpaired) electrons. The summed E-state index contributed by atoms with van der Waals surface area (Å²) >= 11 is 11.5. The van der Waals surface area contributed by atoms with Crippen LogP contribution >= 0.6 is 23.2 Å². The Bertz CT molecular complexity index is 612. The minimum absolute atomic E-state index is 0.0473. The highest BCUT2D eigenvalue weighted by atomic mass is 35.5. The van der Waals surface area contributed by atoms with E-state index in [0.29, 0.717) is 29.4 Å². The SMILES string of the molecule is CCOc1cc(N)cc(Nc2cc(Cl)c(F)c(Cl)c2)c1. The van der Waals surface area contributed by atoms with Gasteiger partial charge >= 0.3 is 0 Å². The molecule has 2 rings (SSSR count). The molecule has 20 heavy (non-hydrogen) atoms. The lowest BCUT2D eigenvalue weighted by Gasteiger charge is -2.11. The third-order valence-electron chi connectivity index (χ3n) is 2.51. The van der Waals surface area contributed by atoms with Gasteiger partial charge in [0.15, 0.2) is 5.82 Å². The van der Waals surface area contributed by atoms with Crippen molar-refractivity contribution in [3.63, 3.8) is 0 Å². The monoisotopic (exact) mass is 314 g/mol. The molecule has 0 saturated heterocycles. The van der Waals surface area contributed by atoms with E-state index >= 15 is 0 Å². The normalized spacial score (nSPS) is 10.4. The van der Waals surface area contributed by atoms with E-state index in [1.807, 2.05) is 6.92 Å². The molecule has 6 heteroatoms. The van der Waals surface area contributed by atoms with E-state index < -0.39 is 5.82 Å². The van der Waals surface area contributed by atoms with E-state index in [1.165, 1.54) is 12.1 Å². The van der Waals surface area contributed by atoms with Gasteiger partial charge in [-0.15, -0.1) is 0 Å². The summed E-state index contributed by atoms with van der Waals surface area (Å²) in [7, 11) is 0. The fourth-order valence-corrected chi connectivity index (χ4v) is 2.23. The van der Waals surface area contributed by atoms with Crippen molar-refractivity contribution in [2.45, 2.75) is 6.92 Å². The summed E-state index contributed by atoms with van der Waals surface area (Å²) in [6.07, 6.45) is 0. The second-order valence-corrected chi connectivity index (χ2v) is 4.92. The molecule has 0 aliphatic rings. The molecule has 106 valence electrons. The number of ether oxygens (including phenoxy) is 1. The predicted octanol–water partition coefficient (Wildman–Crippen LogP) is 4.86. The van der Waals surface area contributed by atoms with Gasteiger partial charge in [0.05, 0.1) is 16.7 Å². The average Bonchev–Trinajstić information content (AvgIpc) is 2.35. The largest absolute Gasteiger partial charge is 0.494 e. The molecular weight excluding hydrogens is 302 g/mol. The summed E-state index contributed by atoms with van der Waals surface area (Å²) in [5.74, 6) is 0.00997. The number of hydrogen-bond donors (Lipinski definition) is 2. The van der Waals surface area contributed by atoms with Crippen LogP contribution < -0.4 is 15.8 Å². The minimum atomic E-state index is -0.638. The highest BCUT2D eigenvalue weighted by Gasteiger charge is 2.08.